The molecule has 0 heteroatoms. The van der Waals surface area contributed by atoms with Crippen LogP contribution in [0.2, 0.25) is 0 Å². The van der Waals surface area contributed by atoms with Gasteiger partial charge in [-0.3, -0.25) is 0 Å². The largest absolute Gasteiger partial charge is 0.0654 e. The van der Waals surface area contributed by atoms with Crippen molar-refractivity contribution >= 4 is 0 Å². The molecule has 0 N–H and O–H groups in total. The van der Waals surface area contributed by atoms with Crippen LogP contribution in [-0.4, -0.2) is 0 Å². The monoisotopic (exact) mass is 376 g/mol. The zero-order valence-electron chi connectivity index (χ0n) is 19.3. The summed E-state index contributed by atoms with van der Waals surface area (Å²) in [6.07, 6.45) is 28.7. The quantitative estimate of drug-likeness (QED) is 0.460. The Bertz CT molecular complexity index is 318. The van der Waals surface area contributed by atoms with E-state index in [1.54, 1.807) is 51.4 Å². The molecular weight excluding hydrogens is 324 g/mol. The molecule has 160 valence electrons. The van der Waals surface area contributed by atoms with Gasteiger partial charge in [0.1, 0.15) is 0 Å². The van der Waals surface area contributed by atoms with Crippen molar-refractivity contribution in [2.45, 2.75) is 143 Å². The lowest BCUT2D eigenvalue weighted by Gasteiger charge is -2.39. The predicted octanol–water partition coefficient (Wildman–Crippen LogP) is 9.57. The van der Waals surface area contributed by atoms with Gasteiger partial charge in [0.15, 0.2) is 0 Å². The van der Waals surface area contributed by atoms with Crippen LogP contribution in [0, 0.1) is 29.6 Å². The number of unbranched alkanes of at least 4 members (excludes halogenated alkanes) is 2. The van der Waals surface area contributed by atoms with Crippen molar-refractivity contribution in [3.05, 3.63) is 0 Å². The number of hydrogen-bond acceptors (Lipinski definition) is 0. The smallest absolute Gasteiger partial charge is 0.0383 e. The van der Waals surface area contributed by atoms with Crippen LogP contribution >= 0.6 is 0 Å². The van der Waals surface area contributed by atoms with Crippen molar-refractivity contribution in [3.63, 3.8) is 0 Å². The van der Waals surface area contributed by atoms with Crippen molar-refractivity contribution in [1.82, 2.24) is 0 Å². The number of hydrogen-bond donors (Lipinski definition) is 0. The van der Waals surface area contributed by atoms with E-state index in [4.69, 9.17) is 0 Å². The minimum absolute atomic E-state index is 1.09. The summed E-state index contributed by atoms with van der Waals surface area (Å²) in [6, 6.07) is 0. The van der Waals surface area contributed by atoms with Crippen LogP contribution in [0.4, 0.5) is 0 Å². The summed E-state index contributed by atoms with van der Waals surface area (Å²) < 4.78 is 0. The van der Waals surface area contributed by atoms with Gasteiger partial charge >= 0.3 is 0 Å². The molecular formula is C27H52. The fraction of sp³-hybridized carbons (Fsp3) is 1.00. The molecule has 27 heavy (non-hydrogen) atoms. The standard InChI is InChI=1S/C12H22.C10H18.C5H12/c1-2-10-7-8-11-5-3-4-6-12(11)9-10;1-2-6-10-8-4-3-7-9(10)5-1;1-3-5-4-2/h10-12H,2-9H2,1H3;9-10H,1-8H2;3-5H2,1-2H3. The average molecular weight is 377 g/mol. The molecule has 3 unspecified atom stereocenters. The van der Waals surface area contributed by atoms with Gasteiger partial charge < -0.3 is 0 Å². The molecule has 0 saturated heterocycles. The van der Waals surface area contributed by atoms with Crippen LogP contribution in [0.5, 0.6) is 0 Å². The van der Waals surface area contributed by atoms with E-state index in [0.29, 0.717) is 0 Å². The van der Waals surface area contributed by atoms with Crippen molar-refractivity contribution in [1.29, 1.82) is 0 Å². The minimum Gasteiger partial charge on any atom is -0.0654 e. The topological polar surface area (TPSA) is 0 Å². The first-order valence-electron chi connectivity index (χ1n) is 13.3. The first-order chi connectivity index (χ1) is 13.3. The highest BCUT2D eigenvalue weighted by atomic mass is 14.4. The van der Waals surface area contributed by atoms with Crippen LogP contribution in [0.25, 0.3) is 0 Å². The van der Waals surface area contributed by atoms with Gasteiger partial charge in [-0.25, -0.2) is 0 Å². The van der Waals surface area contributed by atoms with Gasteiger partial charge in [0, 0.05) is 0 Å². The number of rotatable bonds is 3. The molecule has 0 heterocycles. The van der Waals surface area contributed by atoms with E-state index in [1.165, 1.54) is 70.6 Å². The van der Waals surface area contributed by atoms with E-state index in [-0.39, 0.29) is 0 Å². The summed E-state index contributed by atoms with van der Waals surface area (Å²) >= 11 is 0. The molecule has 0 radical (unpaired) electrons. The maximum atomic E-state index is 2.37. The van der Waals surface area contributed by atoms with Crippen LogP contribution < -0.4 is 0 Å². The normalized spacial score (nSPS) is 35.4. The lowest BCUT2D eigenvalue weighted by Crippen LogP contribution is -2.27. The molecule has 0 aromatic heterocycles. The second-order valence-electron chi connectivity index (χ2n) is 10.3. The fourth-order valence-electron chi connectivity index (χ4n) is 6.55. The van der Waals surface area contributed by atoms with Crippen LogP contribution in [0.1, 0.15) is 143 Å². The molecule has 0 nitrogen and oxygen atoms in total. The Hall–Kier alpha value is 0. The molecule has 0 aromatic rings. The number of fused-ring (bicyclic) bond motifs is 2. The Labute approximate surface area is 172 Å². The van der Waals surface area contributed by atoms with Crippen LogP contribution in [0.3, 0.4) is 0 Å². The lowest BCUT2D eigenvalue weighted by molar-refractivity contribution is 0.128. The third kappa shape index (κ3) is 8.49. The molecule has 4 rings (SSSR count). The Morgan fingerprint density at radius 2 is 0.889 bits per heavy atom. The SMILES string of the molecule is C1CCC2CCCCC2C1.CCC1CCC2CCCCC2C1.CCCCC. The van der Waals surface area contributed by atoms with E-state index >= 15 is 0 Å². The van der Waals surface area contributed by atoms with Crippen molar-refractivity contribution in [2.75, 3.05) is 0 Å². The summed E-state index contributed by atoms with van der Waals surface area (Å²) in [4.78, 5) is 0. The second kappa shape index (κ2) is 14.1. The Balaban J connectivity index is 0.000000158. The first-order valence-corrected chi connectivity index (χ1v) is 13.3. The highest BCUT2D eigenvalue weighted by molar-refractivity contribution is 4.82. The predicted molar refractivity (Wildman–Crippen MR) is 122 cm³/mol. The zero-order valence-corrected chi connectivity index (χ0v) is 19.3. The molecule has 4 aliphatic carbocycles. The average Bonchev–Trinajstić information content (AvgIpc) is 2.75. The molecule has 4 saturated carbocycles. The van der Waals surface area contributed by atoms with E-state index in [1.807, 2.05) is 0 Å². The Kier molecular flexibility index (Phi) is 12.1. The van der Waals surface area contributed by atoms with Gasteiger partial charge in [-0.2, -0.15) is 0 Å². The summed E-state index contributed by atoms with van der Waals surface area (Å²) in [7, 11) is 0. The van der Waals surface area contributed by atoms with Crippen LogP contribution in [-0.2, 0) is 0 Å². The van der Waals surface area contributed by atoms with Gasteiger partial charge in [0.25, 0.3) is 0 Å². The van der Waals surface area contributed by atoms with Gasteiger partial charge in [-0.1, -0.05) is 130 Å². The highest BCUT2D eigenvalue weighted by Gasteiger charge is 2.31. The summed E-state index contributed by atoms with van der Waals surface area (Å²) in [5, 5.41) is 0. The Morgan fingerprint density at radius 3 is 1.26 bits per heavy atom. The maximum absolute atomic E-state index is 2.37. The summed E-state index contributed by atoms with van der Waals surface area (Å²) in [5.74, 6) is 5.67. The zero-order chi connectivity index (χ0) is 19.3. The lowest BCUT2D eigenvalue weighted by atomic mass is 9.67. The molecule has 0 spiro atoms. The van der Waals surface area contributed by atoms with Crippen molar-refractivity contribution in [2.24, 2.45) is 29.6 Å². The van der Waals surface area contributed by atoms with Gasteiger partial charge in [-0.05, 0) is 42.4 Å². The second-order valence-corrected chi connectivity index (χ2v) is 10.3. The van der Waals surface area contributed by atoms with Crippen molar-refractivity contribution in [3.8, 4) is 0 Å². The van der Waals surface area contributed by atoms with Crippen molar-refractivity contribution < 1.29 is 0 Å². The summed E-state index contributed by atoms with van der Waals surface area (Å²) in [5.41, 5.74) is 0. The molecule has 0 amide bonds. The molecule has 0 bridgehead atoms. The molecule has 0 aromatic carbocycles. The van der Waals surface area contributed by atoms with Gasteiger partial charge in [0.05, 0.1) is 0 Å². The van der Waals surface area contributed by atoms with E-state index in [9.17, 15) is 0 Å². The first kappa shape index (κ1) is 23.3. The highest BCUT2D eigenvalue weighted by Crippen LogP contribution is 2.43. The summed E-state index contributed by atoms with van der Waals surface area (Å²) in [6.45, 7) is 6.79. The third-order valence-corrected chi connectivity index (χ3v) is 8.40. The van der Waals surface area contributed by atoms with Crippen LogP contribution in [0.15, 0.2) is 0 Å². The van der Waals surface area contributed by atoms with Gasteiger partial charge in [0.2, 0.25) is 0 Å². The molecule has 4 fully saturated rings. The minimum atomic E-state index is 1.09. The van der Waals surface area contributed by atoms with E-state index in [0.717, 1.165) is 29.6 Å². The van der Waals surface area contributed by atoms with E-state index in [2.05, 4.69) is 20.8 Å². The Morgan fingerprint density at radius 1 is 0.481 bits per heavy atom. The molecule has 4 aliphatic rings. The van der Waals surface area contributed by atoms with Gasteiger partial charge in [-0.15, -0.1) is 0 Å². The fourth-order valence-corrected chi connectivity index (χ4v) is 6.55. The van der Waals surface area contributed by atoms with E-state index < -0.39 is 0 Å². The molecule has 3 atom stereocenters. The third-order valence-electron chi connectivity index (χ3n) is 8.40. The molecule has 0 aliphatic heterocycles. The maximum Gasteiger partial charge on any atom is -0.0383 e.